The van der Waals surface area contributed by atoms with Crippen molar-refractivity contribution in [2.24, 2.45) is 0 Å². The molecule has 60 valence electrons. The maximum absolute atomic E-state index is 11.4. The van der Waals surface area contributed by atoms with Gasteiger partial charge < -0.3 is 9.72 Å². The lowest BCUT2D eigenvalue weighted by Gasteiger charge is -2.05. The summed E-state index contributed by atoms with van der Waals surface area (Å²) in [4.78, 5) is 13.9. The van der Waals surface area contributed by atoms with Crippen LogP contribution >= 0.6 is 0 Å². The molecule has 1 aromatic rings. The van der Waals surface area contributed by atoms with Crippen LogP contribution in [0.15, 0.2) is 18.3 Å². The molecule has 0 radical (unpaired) electrons. The second-order valence-corrected chi connectivity index (χ2v) is 1.95. The van der Waals surface area contributed by atoms with Crippen molar-refractivity contribution in [2.75, 3.05) is 7.11 Å². The third-order valence-electron chi connectivity index (χ3n) is 1.26. The van der Waals surface area contributed by atoms with Crippen LogP contribution in [0.4, 0.5) is 0 Å². The zero-order valence-electron chi connectivity index (χ0n) is 10.0. The van der Waals surface area contributed by atoms with Crippen molar-refractivity contribution < 1.29 is 15.0 Å². The van der Waals surface area contributed by atoms with Crippen LogP contribution in [0.5, 0.6) is 0 Å². The van der Waals surface area contributed by atoms with Gasteiger partial charge in [-0.3, -0.25) is 4.79 Å². The van der Waals surface area contributed by atoms with Crippen molar-refractivity contribution in [1.82, 2.24) is 4.98 Å². The van der Waals surface area contributed by atoms with E-state index >= 15 is 0 Å². The van der Waals surface area contributed by atoms with E-state index in [0.717, 1.165) is 7.11 Å². The zero-order chi connectivity index (χ0) is 11.7. The van der Waals surface area contributed by atoms with E-state index < -0.39 is 18.7 Å². The van der Waals surface area contributed by atoms with Crippen molar-refractivity contribution >= 4 is 5.97 Å². The van der Waals surface area contributed by atoms with Crippen LogP contribution in [0.3, 0.4) is 0 Å². The highest BCUT2D eigenvalue weighted by Gasteiger charge is 2.15. The number of aromatic nitrogens is 1. The first-order valence-electron chi connectivity index (χ1n) is 5.06. The van der Waals surface area contributed by atoms with Gasteiger partial charge in [0.15, 0.2) is 0 Å². The van der Waals surface area contributed by atoms with Crippen LogP contribution in [0.1, 0.15) is 23.9 Å². The van der Waals surface area contributed by atoms with Crippen molar-refractivity contribution in [1.29, 1.82) is 0 Å². The van der Waals surface area contributed by atoms with E-state index in [1.165, 1.54) is 18.3 Å². The summed E-state index contributed by atoms with van der Waals surface area (Å²) in [7, 11) is 1.06. The van der Waals surface area contributed by atoms with E-state index in [1.54, 1.807) is 0 Å². The molecule has 1 rings (SSSR count). The van der Waals surface area contributed by atoms with Gasteiger partial charge in [0.2, 0.25) is 0 Å². The molecule has 3 nitrogen and oxygen atoms in total. The lowest BCUT2D eigenvalue weighted by atomic mass is 10.1. The first kappa shape index (κ1) is 3.95. The molecule has 0 fully saturated rings. The highest BCUT2D eigenvalue weighted by Crippen LogP contribution is 2.13. The molecule has 0 saturated heterocycles. The Kier molecular flexibility index (Phi) is 1.16. The van der Waals surface area contributed by atoms with Gasteiger partial charge in [-0.2, -0.15) is 0 Å². The molecular weight excluding hydrogens is 142 g/mol. The molecule has 0 amide bonds. The summed E-state index contributed by atoms with van der Waals surface area (Å²) in [6, 6.07) is 2.89. The molecule has 1 heterocycles. The zero-order valence-corrected chi connectivity index (χ0v) is 6.05. The standard InChI is InChI=1S/C8H11NO2/c1-6(8(10)11-2)7-4-3-5-9-7/h3-6,9H,1-2H3/i1D3,6D. The summed E-state index contributed by atoms with van der Waals surface area (Å²) in [5, 5.41) is 0. The third kappa shape index (κ3) is 1.61. The van der Waals surface area contributed by atoms with Crippen molar-refractivity contribution in [3.05, 3.63) is 24.0 Å². The van der Waals surface area contributed by atoms with Gasteiger partial charge in [0.1, 0.15) is 0 Å². The Balaban J connectivity index is 3.26. The second kappa shape index (κ2) is 3.23. The minimum atomic E-state index is -2.79. The number of rotatable bonds is 2. The van der Waals surface area contributed by atoms with Crippen LogP contribution < -0.4 is 0 Å². The van der Waals surface area contributed by atoms with E-state index in [9.17, 15) is 4.79 Å². The lowest BCUT2D eigenvalue weighted by molar-refractivity contribution is -0.142. The Labute approximate surface area is 71.0 Å². The van der Waals surface area contributed by atoms with Crippen molar-refractivity contribution in [3.63, 3.8) is 0 Å². The van der Waals surface area contributed by atoms with Gasteiger partial charge in [0.05, 0.1) is 13.0 Å². The molecule has 0 bridgehead atoms. The molecule has 0 aliphatic carbocycles. The SMILES string of the molecule is [2H]C([2H])([2H])C([2H])(C(=O)OC)c1ccc[nH]1. The highest BCUT2D eigenvalue weighted by molar-refractivity contribution is 5.76. The van der Waals surface area contributed by atoms with Gasteiger partial charge in [0, 0.05) is 17.4 Å². The monoisotopic (exact) mass is 157 g/mol. The predicted molar refractivity (Wildman–Crippen MR) is 41.2 cm³/mol. The van der Waals surface area contributed by atoms with Crippen molar-refractivity contribution in [2.45, 2.75) is 12.7 Å². The first-order chi connectivity index (χ1) is 6.84. The fourth-order valence-corrected chi connectivity index (χ4v) is 0.698. The van der Waals surface area contributed by atoms with Crippen LogP contribution in [0, 0.1) is 0 Å². The lowest BCUT2D eigenvalue weighted by Crippen LogP contribution is -2.10. The van der Waals surface area contributed by atoms with Gasteiger partial charge in [-0.25, -0.2) is 0 Å². The molecule has 1 unspecified atom stereocenters. The second-order valence-electron chi connectivity index (χ2n) is 1.95. The molecule has 0 aliphatic heterocycles. The van der Waals surface area contributed by atoms with Gasteiger partial charge in [-0.1, -0.05) is 0 Å². The molecule has 0 spiro atoms. The number of hydrogen-bond donors (Lipinski definition) is 1. The van der Waals surface area contributed by atoms with Crippen LogP contribution in [-0.4, -0.2) is 18.1 Å². The number of hydrogen-bond acceptors (Lipinski definition) is 2. The minimum Gasteiger partial charge on any atom is -0.469 e. The molecule has 11 heavy (non-hydrogen) atoms. The average molecular weight is 157 g/mol. The van der Waals surface area contributed by atoms with Crippen LogP contribution in [-0.2, 0) is 9.53 Å². The molecule has 0 aromatic carbocycles. The van der Waals surface area contributed by atoms with Gasteiger partial charge in [-0.05, 0) is 19.0 Å². The van der Waals surface area contributed by atoms with E-state index in [0.29, 0.717) is 0 Å². The minimum absolute atomic E-state index is 0.00523. The Bertz CT molecular complexity index is 346. The highest BCUT2D eigenvalue weighted by atomic mass is 16.5. The normalized spacial score (nSPS) is 21.9. The number of nitrogens with one attached hydrogen (secondary N) is 1. The third-order valence-corrected chi connectivity index (χ3v) is 1.26. The molecular formula is C8H11NO2. The van der Waals surface area contributed by atoms with E-state index in [4.69, 9.17) is 5.48 Å². The number of aromatic amines is 1. The summed E-state index contributed by atoms with van der Waals surface area (Å²) in [6.45, 7) is -2.79. The van der Waals surface area contributed by atoms with Gasteiger partial charge in [-0.15, -0.1) is 0 Å². The topological polar surface area (TPSA) is 42.1 Å². The number of carbonyl (C=O) groups excluding carboxylic acids is 1. The van der Waals surface area contributed by atoms with Gasteiger partial charge in [0.25, 0.3) is 0 Å². The van der Waals surface area contributed by atoms with Gasteiger partial charge >= 0.3 is 5.97 Å². The Morgan fingerprint density at radius 3 is 3.27 bits per heavy atom. The van der Waals surface area contributed by atoms with E-state index in [-0.39, 0.29) is 5.69 Å². The summed E-state index contributed by atoms with van der Waals surface area (Å²) >= 11 is 0. The molecule has 1 N–H and O–H groups in total. The molecule has 0 aliphatic rings. The predicted octanol–water partition coefficient (Wildman–Crippen LogP) is 1.29. The molecule has 1 atom stereocenters. The quantitative estimate of drug-likeness (QED) is 0.657. The summed E-state index contributed by atoms with van der Waals surface area (Å²) in [5.41, 5.74) is -0.00523. The van der Waals surface area contributed by atoms with Crippen LogP contribution in [0.2, 0.25) is 0 Å². The maximum atomic E-state index is 11.4. The van der Waals surface area contributed by atoms with Crippen LogP contribution in [0.25, 0.3) is 0 Å². The summed E-state index contributed by atoms with van der Waals surface area (Å²) in [5.74, 6) is -3.50. The van der Waals surface area contributed by atoms with E-state index in [2.05, 4.69) is 9.72 Å². The summed E-state index contributed by atoms with van der Waals surface area (Å²) < 4.78 is 33.8. The fourth-order valence-electron chi connectivity index (χ4n) is 0.698. The number of ether oxygens (including phenoxy) is 1. The number of esters is 1. The smallest absolute Gasteiger partial charge is 0.314 e. The molecule has 0 saturated carbocycles. The molecule has 3 heteroatoms. The Morgan fingerprint density at radius 1 is 2.00 bits per heavy atom. The Morgan fingerprint density at radius 2 is 2.82 bits per heavy atom. The fraction of sp³-hybridized carbons (Fsp3) is 0.375. The number of H-pyrrole nitrogens is 1. The maximum Gasteiger partial charge on any atom is 0.314 e. The first-order valence-corrected chi connectivity index (χ1v) is 3.06. The van der Waals surface area contributed by atoms with E-state index in [1.807, 2.05) is 0 Å². The number of carbonyl (C=O) groups is 1. The largest absolute Gasteiger partial charge is 0.469 e. The Hall–Kier alpha value is -1.25. The average Bonchev–Trinajstić information content (AvgIpc) is 2.66. The summed E-state index contributed by atoms with van der Waals surface area (Å²) in [6.07, 6.45) is 1.45. The van der Waals surface area contributed by atoms with Crippen molar-refractivity contribution in [3.8, 4) is 0 Å². The number of methoxy groups -OCH3 is 1. The molecule has 1 aromatic heterocycles.